The summed E-state index contributed by atoms with van der Waals surface area (Å²) < 4.78 is 11.0. The Morgan fingerprint density at radius 3 is 2.67 bits per heavy atom. The Morgan fingerprint density at radius 1 is 1.33 bits per heavy atom. The monoisotopic (exact) mass is 330 g/mol. The van der Waals surface area contributed by atoms with Crippen molar-refractivity contribution in [1.29, 1.82) is 0 Å². The minimum atomic E-state index is -0.320. The van der Waals surface area contributed by atoms with E-state index in [1.807, 2.05) is 0 Å². The topological polar surface area (TPSA) is 55.8 Å². The Labute approximate surface area is 143 Å². The second kappa shape index (κ2) is 5.83. The molecule has 0 unspecified atom stereocenters. The van der Waals surface area contributed by atoms with E-state index in [1.54, 1.807) is 18.2 Å². The van der Waals surface area contributed by atoms with E-state index in [1.165, 1.54) is 25.7 Å². The van der Waals surface area contributed by atoms with Gasteiger partial charge in [0, 0.05) is 23.1 Å². The molecule has 0 amide bonds. The zero-order valence-electron chi connectivity index (χ0n) is 14.8. The van der Waals surface area contributed by atoms with Crippen LogP contribution in [-0.2, 0) is 9.53 Å². The van der Waals surface area contributed by atoms with Gasteiger partial charge in [0.25, 0.3) is 0 Å². The third-order valence-corrected chi connectivity index (χ3v) is 6.59. The molecule has 0 aliphatic heterocycles. The molecule has 1 N–H and O–H groups in total. The first kappa shape index (κ1) is 16.9. The van der Waals surface area contributed by atoms with E-state index >= 15 is 0 Å². The Bertz CT molecular complexity index is 676. The molecule has 2 bridgehead atoms. The summed E-state index contributed by atoms with van der Waals surface area (Å²) in [5.74, 6) is 0.969. The molecule has 1 aromatic rings. The highest BCUT2D eigenvalue weighted by atomic mass is 16.5. The average molecular weight is 330 g/mol. The summed E-state index contributed by atoms with van der Waals surface area (Å²) in [6.45, 7) is 6.86. The lowest BCUT2D eigenvalue weighted by Crippen LogP contribution is -2.38. The van der Waals surface area contributed by atoms with Gasteiger partial charge in [0.2, 0.25) is 0 Å². The van der Waals surface area contributed by atoms with Crippen LogP contribution in [0.3, 0.4) is 0 Å². The molecule has 2 fully saturated rings. The summed E-state index contributed by atoms with van der Waals surface area (Å²) in [5, 5.41) is 9.48. The van der Waals surface area contributed by atoms with Gasteiger partial charge in [-0.1, -0.05) is 20.8 Å². The maximum Gasteiger partial charge on any atom is 0.331 e. The van der Waals surface area contributed by atoms with Crippen LogP contribution in [0.15, 0.2) is 24.3 Å². The summed E-state index contributed by atoms with van der Waals surface area (Å²) in [6, 6.07) is 4.79. The molecule has 2 aliphatic carbocycles. The second-order valence-corrected chi connectivity index (χ2v) is 7.80. The number of phenolic OH excluding ortho intramolecular Hbond substituents is 1. The van der Waals surface area contributed by atoms with Crippen LogP contribution in [0.25, 0.3) is 6.08 Å². The number of hydrogen-bond acceptors (Lipinski definition) is 4. The molecule has 1 aromatic carbocycles. The van der Waals surface area contributed by atoms with Crippen molar-refractivity contribution in [1.82, 2.24) is 0 Å². The zero-order chi connectivity index (χ0) is 17.5. The van der Waals surface area contributed by atoms with Crippen LogP contribution in [0.4, 0.5) is 0 Å². The summed E-state index contributed by atoms with van der Waals surface area (Å²) in [6.07, 6.45) is 6.42. The lowest BCUT2D eigenvalue weighted by molar-refractivity contribution is -0.150. The summed E-state index contributed by atoms with van der Waals surface area (Å²) in [4.78, 5) is 12.3. The predicted molar refractivity (Wildman–Crippen MR) is 92.8 cm³/mol. The molecule has 0 spiro atoms. The largest absolute Gasteiger partial charge is 0.508 e. The van der Waals surface area contributed by atoms with Gasteiger partial charge in [0.1, 0.15) is 17.6 Å². The molecule has 3 atom stereocenters. The Morgan fingerprint density at radius 2 is 2.08 bits per heavy atom. The lowest BCUT2D eigenvalue weighted by atomic mass is 9.70. The van der Waals surface area contributed by atoms with E-state index in [4.69, 9.17) is 9.47 Å². The molecule has 3 rings (SSSR count). The quantitative estimate of drug-likeness (QED) is 0.665. The predicted octanol–water partition coefficient (Wildman–Crippen LogP) is 4.17. The van der Waals surface area contributed by atoms with Gasteiger partial charge in [0.05, 0.1) is 7.11 Å². The minimum Gasteiger partial charge on any atom is -0.508 e. The average Bonchev–Trinajstić information content (AvgIpc) is 2.87. The molecule has 0 heterocycles. The highest BCUT2D eigenvalue weighted by molar-refractivity contribution is 5.87. The number of rotatable bonds is 4. The standard InChI is InChI=1S/C20H26O4/c1-19(2)14-9-10-20(19,3)17(11-14)24-18(22)8-6-13-5-7-15(21)12-16(13)23-4/h5-8,12,14,17,21H,9-11H2,1-4H3/b8-6+/t14-,17+,20+/m0/s1. The Hall–Kier alpha value is -1.97. The van der Waals surface area contributed by atoms with E-state index in [0.29, 0.717) is 11.7 Å². The van der Waals surface area contributed by atoms with Crippen LogP contribution in [0.5, 0.6) is 11.5 Å². The van der Waals surface area contributed by atoms with Crippen LogP contribution < -0.4 is 4.74 Å². The fourth-order valence-electron chi connectivity index (χ4n) is 4.48. The third kappa shape index (κ3) is 2.58. The SMILES string of the molecule is COc1cc(O)ccc1/C=C/C(=O)O[C@@H]1C[C@@H]2CC[C@@]1(C)C2(C)C. The molecular weight excluding hydrogens is 304 g/mol. The van der Waals surface area contributed by atoms with Crippen molar-refractivity contribution in [2.45, 2.75) is 46.1 Å². The van der Waals surface area contributed by atoms with Gasteiger partial charge in [-0.15, -0.1) is 0 Å². The van der Waals surface area contributed by atoms with Crippen molar-refractivity contribution in [2.75, 3.05) is 7.11 Å². The van der Waals surface area contributed by atoms with E-state index in [-0.39, 0.29) is 28.7 Å². The van der Waals surface area contributed by atoms with Crippen molar-refractivity contribution >= 4 is 12.0 Å². The first-order valence-electron chi connectivity index (χ1n) is 8.53. The fourth-order valence-corrected chi connectivity index (χ4v) is 4.48. The summed E-state index contributed by atoms with van der Waals surface area (Å²) in [5.41, 5.74) is 1.02. The number of hydrogen-bond donors (Lipinski definition) is 1. The fraction of sp³-hybridized carbons (Fsp3) is 0.550. The minimum absolute atomic E-state index is 0.00915. The number of methoxy groups -OCH3 is 1. The van der Waals surface area contributed by atoms with E-state index < -0.39 is 0 Å². The number of fused-ring (bicyclic) bond motifs is 2. The van der Waals surface area contributed by atoms with Crippen molar-refractivity contribution in [3.05, 3.63) is 29.8 Å². The highest BCUT2D eigenvalue weighted by Crippen LogP contribution is 2.66. The van der Waals surface area contributed by atoms with Crippen LogP contribution in [0.2, 0.25) is 0 Å². The number of phenols is 1. The maximum atomic E-state index is 12.3. The number of carbonyl (C=O) groups excluding carboxylic acids is 1. The number of benzene rings is 1. The van der Waals surface area contributed by atoms with Crippen molar-refractivity contribution in [3.8, 4) is 11.5 Å². The van der Waals surface area contributed by atoms with Crippen LogP contribution in [0, 0.1) is 16.7 Å². The van der Waals surface area contributed by atoms with E-state index in [0.717, 1.165) is 18.4 Å². The van der Waals surface area contributed by atoms with Gasteiger partial charge < -0.3 is 14.6 Å². The molecule has 2 saturated carbocycles. The lowest BCUT2D eigenvalue weighted by Gasteiger charge is -2.38. The molecular formula is C20H26O4. The first-order valence-corrected chi connectivity index (χ1v) is 8.53. The molecule has 4 heteroatoms. The molecule has 2 aliphatic rings. The molecule has 0 radical (unpaired) electrons. The van der Waals surface area contributed by atoms with Crippen LogP contribution in [0.1, 0.15) is 45.6 Å². The summed E-state index contributed by atoms with van der Waals surface area (Å²) >= 11 is 0. The third-order valence-electron chi connectivity index (χ3n) is 6.59. The number of esters is 1. The summed E-state index contributed by atoms with van der Waals surface area (Å²) in [7, 11) is 1.53. The van der Waals surface area contributed by atoms with Crippen molar-refractivity contribution < 1.29 is 19.4 Å². The molecule has 0 aromatic heterocycles. The number of carbonyl (C=O) groups is 1. The van der Waals surface area contributed by atoms with Gasteiger partial charge in [-0.3, -0.25) is 0 Å². The highest BCUT2D eigenvalue weighted by Gasteiger charge is 2.62. The van der Waals surface area contributed by atoms with E-state index in [9.17, 15) is 9.90 Å². The zero-order valence-corrected chi connectivity index (χ0v) is 14.8. The number of aromatic hydroxyl groups is 1. The second-order valence-electron chi connectivity index (χ2n) is 7.80. The van der Waals surface area contributed by atoms with Gasteiger partial charge in [-0.25, -0.2) is 4.79 Å². The van der Waals surface area contributed by atoms with Gasteiger partial charge in [0.15, 0.2) is 0 Å². The Kier molecular flexibility index (Phi) is 4.10. The normalized spacial score (nSPS) is 30.7. The van der Waals surface area contributed by atoms with Crippen molar-refractivity contribution in [2.24, 2.45) is 16.7 Å². The molecule has 4 nitrogen and oxygen atoms in total. The molecule has 0 saturated heterocycles. The Balaban J connectivity index is 1.69. The van der Waals surface area contributed by atoms with Crippen LogP contribution >= 0.6 is 0 Å². The molecule has 130 valence electrons. The van der Waals surface area contributed by atoms with Gasteiger partial charge in [-0.2, -0.15) is 0 Å². The van der Waals surface area contributed by atoms with Crippen molar-refractivity contribution in [3.63, 3.8) is 0 Å². The maximum absolute atomic E-state index is 12.3. The van der Waals surface area contributed by atoms with Crippen LogP contribution in [-0.4, -0.2) is 24.3 Å². The smallest absolute Gasteiger partial charge is 0.331 e. The molecule has 24 heavy (non-hydrogen) atoms. The van der Waals surface area contributed by atoms with Gasteiger partial charge in [-0.05, 0) is 48.8 Å². The van der Waals surface area contributed by atoms with Gasteiger partial charge >= 0.3 is 5.97 Å². The van der Waals surface area contributed by atoms with E-state index in [2.05, 4.69) is 20.8 Å². The number of ether oxygens (including phenoxy) is 2. The first-order chi connectivity index (χ1) is 11.3.